The number of carboxylic acids is 1. The minimum atomic E-state index is -1.01. The molecule has 88 valence electrons. The average Bonchev–Trinajstić information content (AvgIpc) is 2.67. The summed E-state index contributed by atoms with van der Waals surface area (Å²) in [5.74, 6) is -1.01. The van der Waals surface area contributed by atoms with Gasteiger partial charge in [-0.05, 0) is 23.9 Å². The molecule has 7 heteroatoms. The van der Waals surface area contributed by atoms with E-state index in [1.807, 2.05) is 0 Å². The van der Waals surface area contributed by atoms with Crippen molar-refractivity contribution in [3.05, 3.63) is 30.1 Å². The molecule has 0 aliphatic heterocycles. The van der Waals surface area contributed by atoms with Crippen molar-refractivity contribution in [1.82, 2.24) is 14.8 Å². The zero-order valence-corrected chi connectivity index (χ0v) is 9.81. The van der Waals surface area contributed by atoms with Gasteiger partial charge < -0.3 is 10.8 Å². The van der Waals surface area contributed by atoms with Gasteiger partial charge in [-0.1, -0.05) is 6.07 Å². The SMILES string of the molecule is Cn1ncnc1Sc1c(N)cccc1C(=O)O. The predicted molar refractivity (Wildman–Crippen MR) is 62.9 cm³/mol. The molecule has 2 aromatic rings. The number of anilines is 1. The quantitative estimate of drug-likeness (QED) is 0.796. The summed E-state index contributed by atoms with van der Waals surface area (Å²) in [6, 6.07) is 4.78. The van der Waals surface area contributed by atoms with Gasteiger partial charge >= 0.3 is 5.97 Å². The van der Waals surface area contributed by atoms with E-state index in [2.05, 4.69) is 10.1 Å². The van der Waals surface area contributed by atoms with Crippen LogP contribution in [0.15, 0.2) is 34.6 Å². The highest BCUT2D eigenvalue weighted by Crippen LogP contribution is 2.33. The van der Waals surface area contributed by atoms with Crippen molar-refractivity contribution >= 4 is 23.4 Å². The lowest BCUT2D eigenvalue weighted by atomic mass is 10.2. The van der Waals surface area contributed by atoms with Gasteiger partial charge in [-0.25, -0.2) is 14.5 Å². The molecule has 0 aliphatic carbocycles. The normalized spacial score (nSPS) is 10.4. The van der Waals surface area contributed by atoms with Crippen LogP contribution in [0.25, 0.3) is 0 Å². The lowest BCUT2D eigenvalue weighted by Gasteiger charge is -2.07. The zero-order valence-electron chi connectivity index (χ0n) is 8.99. The van der Waals surface area contributed by atoms with Crippen LogP contribution in [0.3, 0.4) is 0 Å². The number of carboxylic acid groups (broad SMARTS) is 1. The summed E-state index contributed by atoms with van der Waals surface area (Å²) in [5, 5.41) is 13.6. The third-order valence-electron chi connectivity index (χ3n) is 2.14. The van der Waals surface area contributed by atoms with Crippen LogP contribution < -0.4 is 5.73 Å². The van der Waals surface area contributed by atoms with Gasteiger partial charge in [-0.3, -0.25) is 0 Å². The van der Waals surface area contributed by atoms with Crippen LogP contribution in [0, 0.1) is 0 Å². The van der Waals surface area contributed by atoms with Gasteiger partial charge in [0.25, 0.3) is 0 Å². The maximum absolute atomic E-state index is 11.1. The molecule has 2 rings (SSSR count). The summed E-state index contributed by atoms with van der Waals surface area (Å²) in [7, 11) is 1.73. The van der Waals surface area contributed by atoms with E-state index in [0.29, 0.717) is 15.7 Å². The number of nitrogens with two attached hydrogens (primary N) is 1. The maximum Gasteiger partial charge on any atom is 0.336 e. The predicted octanol–water partition coefficient (Wildman–Crippen LogP) is 1.25. The van der Waals surface area contributed by atoms with Crippen molar-refractivity contribution in [3.63, 3.8) is 0 Å². The van der Waals surface area contributed by atoms with Crippen LogP contribution in [-0.2, 0) is 7.05 Å². The van der Waals surface area contributed by atoms with E-state index >= 15 is 0 Å². The molecule has 0 radical (unpaired) electrons. The Kier molecular flexibility index (Phi) is 3.01. The number of hydrogen-bond acceptors (Lipinski definition) is 5. The van der Waals surface area contributed by atoms with Crippen LogP contribution in [0.1, 0.15) is 10.4 Å². The number of benzene rings is 1. The average molecular weight is 250 g/mol. The molecule has 0 atom stereocenters. The number of hydrogen-bond donors (Lipinski definition) is 2. The van der Waals surface area contributed by atoms with E-state index < -0.39 is 5.97 Å². The number of aryl methyl sites for hydroxylation is 1. The largest absolute Gasteiger partial charge is 0.478 e. The van der Waals surface area contributed by atoms with E-state index in [0.717, 1.165) is 0 Å². The van der Waals surface area contributed by atoms with E-state index in [1.165, 1.54) is 24.2 Å². The van der Waals surface area contributed by atoms with Crippen molar-refractivity contribution in [1.29, 1.82) is 0 Å². The smallest absolute Gasteiger partial charge is 0.336 e. The third-order valence-corrected chi connectivity index (χ3v) is 3.35. The van der Waals surface area contributed by atoms with E-state index in [4.69, 9.17) is 10.8 Å². The highest BCUT2D eigenvalue weighted by molar-refractivity contribution is 7.99. The molecule has 0 spiro atoms. The highest BCUT2D eigenvalue weighted by Gasteiger charge is 2.15. The first-order chi connectivity index (χ1) is 8.09. The van der Waals surface area contributed by atoms with E-state index in [-0.39, 0.29) is 5.56 Å². The number of aromatic nitrogens is 3. The van der Waals surface area contributed by atoms with Crippen molar-refractivity contribution < 1.29 is 9.90 Å². The Bertz CT molecular complexity index is 567. The van der Waals surface area contributed by atoms with Crippen LogP contribution in [-0.4, -0.2) is 25.8 Å². The van der Waals surface area contributed by atoms with Crippen LogP contribution in [0.4, 0.5) is 5.69 Å². The molecule has 0 amide bonds. The molecule has 1 aromatic carbocycles. The van der Waals surface area contributed by atoms with Gasteiger partial charge in [0.2, 0.25) is 0 Å². The van der Waals surface area contributed by atoms with E-state index in [9.17, 15) is 4.79 Å². The first-order valence-electron chi connectivity index (χ1n) is 4.73. The molecule has 1 heterocycles. The van der Waals surface area contributed by atoms with E-state index in [1.54, 1.807) is 23.9 Å². The van der Waals surface area contributed by atoms with Gasteiger partial charge in [0.15, 0.2) is 5.16 Å². The van der Waals surface area contributed by atoms with Gasteiger partial charge in [-0.15, -0.1) is 0 Å². The molecule has 17 heavy (non-hydrogen) atoms. The van der Waals surface area contributed by atoms with Gasteiger partial charge in [0.05, 0.1) is 10.5 Å². The highest BCUT2D eigenvalue weighted by atomic mass is 32.2. The summed E-state index contributed by atoms with van der Waals surface area (Å²) in [6.07, 6.45) is 1.40. The van der Waals surface area contributed by atoms with Crippen molar-refractivity contribution in [2.24, 2.45) is 7.05 Å². The Labute approximate surface area is 101 Å². The number of nitrogens with zero attached hydrogens (tertiary/aromatic N) is 3. The number of carbonyl (C=O) groups is 1. The third kappa shape index (κ3) is 2.23. The maximum atomic E-state index is 11.1. The minimum Gasteiger partial charge on any atom is -0.478 e. The van der Waals surface area contributed by atoms with Gasteiger partial charge in [-0.2, -0.15) is 5.10 Å². The number of nitrogen functional groups attached to an aromatic ring is 1. The Hall–Kier alpha value is -2.02. The fraction of sp³-hybridized carbons (Fsp3) is 0.100. The topological polar surface area (TPSA) is 94.0 Å². The number of rotatable bonds is 3. The molecule has 0 saturated heterocycles. The second-order valence-corrected chi connectivity index (χ2v) is 4.27. The minimum absolute atomic E-state index is 0.165. The summed E-state index contributed by atoms with van der Waals surface area (Å²) in [6.45, 7) is 0. The summed E-state index contributed by atoms with van der Waals surface area (Å²) >= 11 is 1.19. The molecule has 0 aliphatic rings. The molecular formula is C10H10N4O2S. The molecule has 0 bridgehead atoms. The first-order valence-corrected chi connectivity index (χ1v) is 5.55. The molecule has 1 aromatic heterocycles. The molecule has 0 fully saturated rings. The fourth-order valence-electron chi connectivity index (χ4n) is 1.31. The Balaban J connectivity index is 2.45. The van der Waals surface area contributed by atoms with Crippen LogP contribution >= 0.6 is 11.8 Å². The van der Waals surface area contributed by atoms with Crippen LogP contribution in [0.5, 0.6) is 0 Å². The summed E-state index contributed by atoms with van der Waals surface area (Å²) < 4.78 is 1.56. The molecule has 3 N–H and O–H groups in total. The summed E-state index contributed by atoms with van der Waals surface area (Å²) in [5.41, 5.74) is 6.36. The molecular weight excluding hydrogens is 240 g/mol. The Morgan fingerprint density at radius 3 is 2.88 bits per heavy atom. The zero-order chi connectivity index (χ0) is 12.4. The molecule has 0 saturated carbocycles. The standard InChI is InChI=1S/C10H10N4O2S/c1-14-10(12-5-13-14)17-8-6(9(15)16)3-2-4-7(8)11/h2-5H,11H2,1H3,(H,15,16). The molecule has 6 nitrogen and oxygen atoms in total. The Morgan fingerprint density at radius 1 is 1.53 bits per heavy atom. The van der Waals surface area contributed by atoms with Crippen molar-refractivity contribution in [3.8, 4) is 0 Å². The Morgan fingerprint density at radius 2 is 2.29 bits per heavy atom. The van der Waals surface area contributed by atoms with Crippen LogP contribution in [0.2, 0.25) is 0 Å². The lowest BCUT2D eigenvalue weighted by molar-refractivity contribution is 0.0693. The first kappa shape index (κ1) is 11.5. The van der Waals surface area contributed by atoms with Crippen molar-refractivity contribution in [2.75, 3.05) is 5.73 Å². The summed E-state index contributed by atoms with van der Waals surface area (Å²) in [4.78, 5) is 15.6. The fourth-order valence-corrected chi connectivity index (χ4v) is 2.22. The monoisotopic (exact) mass is 250 g/mol. The number of aromatic carboxylic acids is 1. The second-order valence-electron chi connectivity index (χ2n) is 3.30. The second kappa shape index (κ2) is 4.46. The van der Waals surface area contributed by atoms with Crippen molar-refractivity contribution in [2.45, 2.75) is 10.1 Å². The van der Waals surface area contributed by atoms with Gasteiger partial charge in [0.1, 0.15) is 6.33 Å². The van der Waals surface area contributed by atoms with Gasteiger partial charge in [0, 0.05) is 12.7 Å². The lowest BCUT2D eigenvalue weighted by Crippen LogP contribution is -2.03. The molecule has 0 unspecified atom stereocenters.